The summed E-state index contributed by atoms with van der Waals surface area (Å²) in [7, 11) is 0. The van der Waals surface area contributed by atoms with Gasteiger partial charge >= 0.3 is 0 Å². The summed E-state index contributed by atoms with van der Waals surface area (Å²) in [6.07, 6.45) is 2.22. The number of carbonyl (C=O) groups is 1. The van der Waals surface area contributed by atoms with Crippen molar-refractivity contribution in [2.24, 2.45) is 5.92 Å². The predicted octanol–water partition coefficient (Wildman–Crippen LogP) is 2.97. The molecule has 0 amide bonds. The molecule has 3 heteroatoms. The molecular weight excluding hydrogens is 198 g/mol. The number of carbonyl (C=O) groups excluding carboxylic acids is 1. The Morgan fingerprint density at radius 1 is 1.40 bits per heavy atom. The topological polar surface area (TPSA) is 17.1 Å². The van der Waals surface area contributed by atoms with Gasteiger partial charge in [0.05, 0.1) is 0 Å². The van der Waals surface area contributed by atoms with Gasteiger partial charge in [-0.25, -0.2) is 8.78 Å². The minimum Gasteiger partial charge on any atom is -0.303 e. The quantitative estimate of drug-likeness (QED) is 0.701. The van der Waals surface area contributed by atoms with E-state index < -0.39 is 11.6 Å². The highest BCUT2D eigenvalue weighted by molar-refractivity contribution is 5.51. The molecule has 0 heterocycles. The summed E-state index contributed by atoms with van der Waals surface area (Å²) in [4.78, 5) is 10.3. The van der Waals surface area contributed by atoms with Crippen molar-refractivity contribution < 1.29 is 13.6 Å². The fourth-order valence-electron chi connectivity index (χ4n) is 1.92. The number of rotatable bonds is 3. The molecule has 1 aliphatic carbocycles. The van der Waals surface area contributed by atoms with Crippen molar-refractivity contribution in [2.75, 3.05) is 0 Å². The van der Waals surface area contributed by atoms with Crippen LogP contribution in [0, 0.1) is 24.5 Å². The molecular formula is C12H12F2O. The van der Waals surface area contributed by atoms with Gasteiger partial charge in [-0.05, 0) is 42.9 Å². The molecule has 0 spiro atoms. The first kappa shape index (κ1) is 10.3. The van der Waals surface area contributed by atoms with Crippen LogP contribution in [-0.2, 0) is 4.79 Å². The van der Waals surface area contributed by atoms with Crippen molar-refractivity contribution in [3.05, 3.63) is 34.9 Å². The van der Waals surface area contributed by atoms with E-state index in [-0.39, 0.29) is 17.4 Å². The van der Waals surface area contributed by atoms with E-state index in [0.29, 0.717) is 12.0 Å². The van der Waals surface area contributed by atoms with Crippen LogP contribution in [0.5, 0.6) is 0 Å². The zero-order valence-electron chi connectivity index (χ0n) is 8.47. The average molecular weight is 210 g/mol. The summed E-state index contributed by atoms with van der Waals surface area (Å²) < 4.78 is 26.5. The number of aldehydes is 1. The van der Waals surface area contributed by atoms with E-state index in [9.17, 15) is 13.6 Å². The Hall–Kier alpha value is -1.25. The van der Waals surface area contributed by atoms with Crippen LogP contribution in [0.15, 0.2) is 12.1 Å². The molecule has 0 saturated heterocycles. The van der Waals surface area contributed by atoms with Crippen LogP contribution in [0.1, 0.15) is 29.9 Å². The predicted molar refractivity (Wildman–Crippen MR) is 52.6 cm³/mol. The molecule has 2 unspecified atom stereocenters. The lowest BCUT2D eigenvalue weighted by atomic mass is 10.1. The highest BCUT2D eigenvalue weighted by atomic mass is 19.1. The van der Waals surface area contributed by atoms with Gasteiger partial charge in [0.2, 0.25) is 0 Å². The fraction of sp³-hybridized carbons (Fsp3) is 0.417. The lowest BCUT2D eigenvalue weighted by molar-refractivity contribution is -0.108. The maximum Gasteiger partial charge on any atom is 0.129 e. The van der Waals surface area contributed by atoms with Gasteiger partial charge in [-0.3, -0.25) is 0 Å². The van der Waals surface area contributed by atoms with Crippen LogP contribution in [0.3, 0.4) is 0 Å². The third kappa shape index (κ3) is 1.91. The number of halogens is 2. The van der Waals surface area contributed by atoms with E-state index in [4.69, 9.17) is 0 Å². The Balaban J connectivity index is 2.21. The molecule has 0 aliphatic heterocycles. The summed E-state index contributed by atoms with van der Waals surface area (Å²) in [5, 5.41) is 0. The average Bonchev–Trinajstić information content (AvgIpc) is 2.93. The van der Waals surface area contributed by atoms with Crippen molar-refractivity contribution in [2.45, 2.75) is 25.7 Å². The van der Waals surface area contributed by atoms with Gasteiger partial charge in [-0.1, -0.05) is 0 Å². The van der Waals surface area contributed by atoms with Gasteiger partial charge in [0.15, 0.2) is 0 Å². The summed E-state index contributed by atoms with van der Waals surface area (Å²) in [5.74, 6) is -0.549. The molecule has 80 valence electrons. The minimum atomic E-state index is -0.498. The van der Waals surface area contributed by atoms with Crippen LogP contribution in [-0.4, -0.2) is 6.29 Å². The zero-order valence-corrected chi connectivity index (χ0v) is 8.47. The molecule has 0 aromatic heterocycles. The third-order valence-corrected chi connectivity index (χ3v) is 3.05. The molecule has 15 heavy (non-hydrogen) atoms. The smallest absolute Gasteiger partial charge is 0.129 e. The van der Waals surface area contributed by atoms with Gasteiger partial charge in [-0.2, -0.15) is 0 Å². The molecule has 0 N–H and O–H groups in total. The zero-order chi connectivity index (χ0) is 11.0. The van der Waals surface area contributed by atoms with Crippen LogP contribution >= 0.6 is 0 Å². The van der Waals surface area contributed by atoms with Crippen molar-refractivity contribution >= 4 is 6.29 Å². The van der Waals surface area contributed by atoms with E-state index in [1.54, 1.807) is 0 Å². The van der Waals surface area contributed by atoms with Crippen molar-refractivity contribution in [1.29, 1.82) is 0 Å². The number of hydrogen-bond acceptors (Lipinski definition) is 1. The van der Waals surface area contributed by atoms with Gasteiger partial charge < -0.3 is 4.79 Å². The molecule has 1 fully saturated rings. The summed E-state index contributed by atoms with van der Waals surface area (Å²) in [5.41, 5.74) is 0.744. The van der Waals surface area contributed by atoms with Crippen molar-refractivity contribution in [1.82, 2.24) is 0 Å². The minimum absolute atomic E-state index is 0.0614. The van der Waals surface area contributed by atoms with E-state index in [2.05, 4.69) is 0 Å². The maximum atomic E-state index is 13.2. The van der Waals surface area contributed by atoms with Gasteiger partial charge in [0, 0.05) is 12.0 Å². The van der Waals surface area contributed by atoms with Crippen LogP contribution in [0.2, 0.25) is 0 Å². The van der Waals surface area contributed by atoms with Crippen molar-refractivity contribution in [3.8, 4) is 0 Å². The molecule has 1 nitrogen and oxygen atoms in total. The Morgan fingerprint density at radius 2 is 2.00 bits per heavy atom. The second-order valence-corrected chi connectivity index (χ2v) is 4.11. The Bertz CT molecular complexity index is 378. The van der Waals surface area contributed by atoms with E-state index in [1.807, 2.05) is 0 Å². The standard InChI is InChI=1S/C12H12F2O/c1-7-11(13)5-9(6-12(7)14)10-4-8(10)2-3-15/h3,5-6,8,10H,2,4H2,1H3. The first-order valence-electron chi connectivity index (χ1n) is 5.02. The fourth-order valence-corrected chi connectivity index (χ4v) is 1.92. The molecule has 2 atom stereocenters. The largest absolute Gasteiger partial charge is 0.303 e. The molecule has 1 aromatic rings. The molecule has 0 bridgehead atoms. The molecule has 0 radical (unpaired) electrons. The molecule has 1 saturated carbocycles. The second-order valence-electron chi connectivity index (χ2n) is 4.11. The molecule has 1 aliphatic rings. The lowest BCUT2D eigenvalue weighted by Crippen LogP contribution is -1.93. The summed E-state index contributed by atoms with van der Waals surface area (Å²) in [6.45, 7) is 1.42. The van der Waals surface area contributed by atoms with Gasteiger partial charge in [-0.15, -0.1) is 0 Å². The lowest BCUT2D eigenvalue weighted by Gasteiger charge is -2.03. The van der Waals surface area contributed by atoms with Crippen molar-refractivity contribution in [3.63, 3.8) is 0 Å². The third-order valence-electron chi connectivity index (χ3n) is 3.05. The van der Waals surface area contributed by atoms with E-state index >= 15 is 0 Å². The molecule has 1 aromatic carbocycles. The monoisotopic (exact) mass is 210 g/mol. The van der Waals surface area contributed by atoms with Crippen LogP contribution in [0.4, 0.5) is 8.78 Å². The number of benzene rings is 1. The summed E-state index contributed by atoms with van der Waals surface area (Å²) >= 11 is 0. The second kappa shape index (κ2) is 3.72. The SMILES string of the molecule is Cc1c(F)cc(C2CC2CC=O)cc1F. The maximum absolute atomic E-state index is 13.2. The van der Waals surface area contributed by atoms with Gasteiger partial charge in [0.25, 0.3) is 0 Å². The van der Waals surface area contributed by atoms with E-state index in [1.165, 1.54) is 19.1 Å². The van der Waals surface area contributed by atoms with E-state index in [0.717, 1.165) is 12.7 Å². The summed E-state index contributed by atoms with van der Waals surface area (Å²) in [6, 6.07) is 2.77. The normalized spacial score (nSPS) is 23.9. The highest BCUT2D eigenvalue weighted by Gasteiger charge is 2.38. The Labute approximate surface area is 87.1 Å². The number of hydrogen-bond donors (Lipinski definition) is 0. The van der Waals surface area contributed by atoms with Crippen LogP contribution in [0.25, 0.3) is 0 Å². The van der Waals surface area contributed by atoms with Gasteiger partial charge in [0.1, 0.15) is 17.9 Å². The Morgan fingerprint density at radius 3 is 2.53 bits per heavy atom. The van der Waals surface area contributed by atoms with Crippen LogP contribution < -0.4 is 0 Å². The molecule has 2 rings (SSSR count). The highest BCUT2D eigenvalue weighted by Crippen LogP contribution is 2.49. The Kier molecular flexibility index (Phi) is 2.55. The first-order chi connectivity index (χ1) is 7.13. The first-order valence-corrected chi connectivity index (χ1v) is 5.02.